The lowest BCUT2D eigenvalue weighted by Crippen LogP contribution is -2.49. The number of nitrogens with zero attached hydrogens (tertiary/aromatic N) is 2. The van der Waals surface area contributed by atoms with Gasteiger partial charge in [0.1, 0.15) is 0 Å². The van der Waals surface area contributed by atoms with Crippen LogP contribution in [-0.2, 0) is 16.1 Å². The second-order valence-corrected chi connectivity index (χ2v) is 8.16. The van der Waals surface area contributed by atoms with E-state index in [0.717, 1.165) is 38.8 Å². The van der Waals surface area contributed by atoms with E-state index in [9.17, 15) is 9.59 Å². The summed E-state index contributed by atoms with van der Waals surface area (Å²) >= 11 is 0. The molecule has 1 aliphatic carbocycles. The lowest BCUT2D eigenvalue weighted by atomic mass is 9.82. The van der Waals surface area contributed by atoms with Gasteiger partial charge in [-0.1, -0.05) is 13.8 Å². The number of urea groups is 1. The molecule has 1 unspecified atom stereocenters. The quantitative estimate of drug-likeness (QED) is 0.800. The molecule has 1 atom stereocenters. The summed E-state index contributed by atoms with van der Waals surface area (Å²) in [6, 6.07) is 4.34. The minimum atomic E-state index is -0.0592. The first-order chi connectivity index (χ1) is 13.0. The summed E-state index contributed by atoms with van der Waals surface area (Å²) in [5.41, 5.74) is 1.22. The third-order valence-corrected chi connectivity index (χ3v) is 5.99. The maximum atomic E-state index is 12.9. The molecule has 27 heavy (non-hydrogen) atoms. The number of esters is 1. The van der Waals surface area contributed by atoms with Gasteiger partial charge in [0.05, 0.1) is 18.6 Å². The van der Waals surface area contributed by atoms with Gasteiger partial charge in [-0.15, -0.1) is 0 Å². The molecular formula is C21H33N3O3. The Kier molecular flexibility index (Phi) is 6.45. The van der Waals surface area contributed by atoms with Gasteiger partial charge in [-0.2, -0.15) is 0 Å². The Hall–Kier alpha value is -1.98. The Labute approximate surface area is 162 Å². The standard InChI is InChI=1S/C21H33N3O3/c1-4-27-20(25)17-9-7-16(8-10-17)14-22-21(26)24-13-12-23-11-5-6-18(23)19(24)15(2)3/h5-6,11,15-17,19H,4,7-10,12-14H2,1-3H3,(H,22,26). The first kappa shape index (κ1) is 19.8. The fourth-order valence-corrected chi connectivity index (χ4v) is 4.54. The first-order valence-electron chi connectivity index (χ1n) is 10.4. The van der Waals surface area contributed by atoms with Crippen molar-refractivity contribution in [2.45, 2.75) is 59.0 Å². The lowest BCUT2D eigenvalue weighted by molar-refractivity contribution is -0.149. The van der Waals surface area contributed by atoms with Crippen molar-refractivity contribution in [3.8, 4) is 0 Å². The lowest BCUT2D eigenvalue weighted by Gasteiger charge is -2.39. The number of hydrogen-bond acceptors (Lipinski definition) is 3. The minimum Gasteiger partial charge on any atom is -0.466 e. The summed E-state index contributed by atoms with van der Waals surface area (Å²) in [5.74, 6) is 0.795. The van der Waals surface area contributed by atoms with Gasteiger partial charge in [0.15, 0.2) is 0 Å². The molecule has 0 spiro atoms. The highest BCUT2D eigenvalue weighted by Gasteiger charge is 2.33. The van der Waals surface area contributed by atoms with Gasteiger partial charge in [-0.05, 0) is 56.6 Å². The van der Waals surface area contributed by atoms with Gasteiger partial charge < -0.3 is 19.5 Å². The summed E-state index contributed by atoms with van der Waals surface area (Å²) in [6.07, 6.45) is 5.78. The first-order valence-corrected chi connectivity index (χ1v) is 10.4. The minimum absolute atomic E-state index is 0.0358. The summed E-state index contributed by atoms with van der Waals surface area (Å²) in [4.78, 5) is 26.7. The fraction of sp³-hybridized carbons (Fsp3) is 0.714. The molecule has 1 aromatic rings. The monoisotopic (exact) mass is 375 g/mol. The summed E-state index contributed by atoms with van der Waals surface area (Å²) in [7, 11) is 0. The van der Waals surface area contributed by atoms with Gasteiger partial charge in [0, 0.05) is 31.5 Å². The van der Waals surface area contributed by atoms with Crippen molar-refractivity contribution < 1.29 is 14.3 Å². The Morgan fingerprint density at radius 3 is 2.63 bits per heavy atom. The van der Waals surface area contributed by atoms with Crippen molar-refractivity contribution in [3.63, 3.8) is 0 Å². The zero-order valence-electron chi connectivity index (χ0n) is 16.8. The van der Waals surface area contributed by atoms with Crippen molar-refractivity contribution in [2.24, 2.45) is 17.8 Å². The van der Waals surface area contributed by atoms with Crippen LogP contribution in [0.25, 0.3) is 0 Å². The Morgan fingerprint density at radius 2 is 1.96 bits per heavy atom. The number of hydrogen-bond donors (Lipinski definition) is 1. The zero-order valence-corrected chi connectivity index (χ0v) is 16.8. The van der Waals surface area contributed by atoms with Gasteiger partial charge in [-0.3, -0.25) is 4.79 Å². The van der Waals surface area contributed by atoms with E-state index in [0.29, 0.717) is 25.0 Å². The van der Waals surface area contributed by atoms with E-state index in [-0.39, 0.29) is 24.0 Å². The van der Waals surface area contributed by atoms with E-state index < -0.39 is 0 Å². The fourth-order valence-electron chi connectivity index (χ4n) is 4.54. The highest BCUT2D eigenvalue weighted by molar-refractivity contribution is 5.75. The third kappa shape index (κ3) is 4.47. The number of amides is 2. The predicted molar refractivity (Wildman–Crippen MR) is 104 cm³/mol. The molecule has 1 aromatic heterocycles. The summed E-state index contributed by atoms with van der Waals surface area (Å²) in [6.45, 7) is 8.92. The number of carbonyl (C=O) groups excluding carboxylic acids is 2. The molecule has 3 rings (SSSR count). The smallest absolute Gasteiger partial charge is 0.318 e. The van der Waals surface area contributed by atoms with Crippen LogP contribution < -0.4 is 5.32 Å². The van der Waals surface area contributed by atoms with E-state index >= 15 is 0 Å². The summed E-state index contributed by atoms with van der Waals surface area (Å²) < 4.78 is 7.39. The van der Waals surface area contributed by atoms with Crippen molar-refractivity contribution in [2.75, 3.05) is 19.7 Å². The SMILES string of the molecule is CCOC(=O)C1CCC(CNC(=O)N2CCn3cccc3C2C(C)C)CC1. The molecule has 1 fully saturated rings. The molecule has 150 valence electrons. The van der Waals surface area contributed by atoms with Gasteiger partial charge in [0.25, 0.3) is 0 Å². The molecule has 1 N–H and O–H groups in total. The molecule has 2 amide bonds. The van der Waals surface area contributed by atoms with Crippen LogP contribution >= 0.6 is 0 Å². The molecule has 0 radical (unpaired) electrons. The van der Waals surface area contributed by atoms with Crippen LogP contribution in [0.1, 0.15) is 58.2 Å². The zero-order chi connectivity index (χ0) is 19.4. The average Bonchev–Trinajstić information content (AvgIpc) is 3.14. The van der Waals surface area contributed by atoms with Crippen LogP contribution in [0, 0.1) is 17.8 Å². The molecule has 0 bridgehead atoms. The molecule has 0 saturated heterocycles. The van der Waals surface area contributed by atoms with Crippen LogP contribution in [0.15, 0.2) is 18.3 Å². The third-order valence-electron chi connectivity index (χ3n) is 5.99. The molecular weight excluding hydrogens is 342 g/mol. The Morgan fingerprint density at radius 1 is 1.22 bits per heavy atom. The van der Waals surface area contributed by atoms with E-state index in [1.54, 1.807) is 0 Å². The maximum Gasteiger partial charge on any atom is 0.318 e. The second kappa shape index (κ2) is 8.81. The largest absolute Gasteiger partial charge is 0.466 e. The Bertz CT molecular complexity index is 647. The number of nitrogens with one attached hydrogen (secondary N) is 1. The van der Waals surface area contributed by atoms with Crippen molar-refractivity contribution >= 4 is 12.0 Å². The maximum absolute atomic E-state index is 12.9. The average molecular weight is 376 g/mol. The van der Waals surface area contributed by atoms with E-state index in [1.807, 2.05) is 11.8 Å². The topological polar surface area (TPSA) is 63.6 Å². The van der Waals surface area contributed by atoms with Crippen LogP contribution in [0.2, 0.25) is 0 Å². The van der Waals surface area contributed by atoms with Gasteiger partial charge in [-0.25, -0.2) is 4.79 Å². The van der Waals surface area contributed by atoms with Gasteiger partial charge >= 0.3 is 12.0 Å². The number of aromatic nitrogens is 1. The van der Waals surface area contributed by atoms with Crippen molar-refractivity contribution in [1.82, 2.24) is 14.8 Å². The number of carbonyl (C=O) groups is 2. The van der Waals surface area contributed by atoms with Crippen LogP contribution in [0.3, 0.4) is 0 Å². The molecule has 1 aliphatic heterocycles. The van der Waals surface area contributed by atoms with E-state index in [4.69, 9.17) is 4.74 Å². The second-order valence-electron chi connectivity index (χ2n) is 8.16. The van der Waals surface area contributed by atoms with Crippen LogP contribution in [0.5, 0.6) is 0 Å². The molecule has 6 heteroatoms. The number of rotatable bonds is 5. The van der Waals surface area contributed by atoms with Crippen LogP contribution in [-0.4, -0.2) is 41.2 Å². The summed E-state index contributed by atoms with van der Waals surface area (Å²) in [5, 5.41) is 3.16. The van der Waals surface area contributed by atoms with E-state index in [2.05, 4.69) is 42.1 Å². The van der Waals surface area contributed by atoms with Crippen molar-refractivity contribution in [1.29, 1.82) is 0 Å². The number of fused-ring (bicyclic) bond motifs is 1. The molecule has 1 saturated carbocycles. The Balaban J connectivity index is 1.50. The van der Waals surface area contributed by atoms with Crippen LogP contribution in [0.4, 0.5) is 4.79 Å². The van der Waals surface area contributed by atoms with Crippen molar-refractivity contribution in [3.05, 3.63) is 24.0 Å². The molecule has 2 heterocycles. The molecule has 6 nitrogen and oxygen atoms in total. The highest BCUT2D eigenvalue weighted by Crippen LogP contribution is 2.33. The normalized spacial score (nSPS) is 25.2. The molecule has 2 aliphatic rings. The van der Waals surface area contributed by atoms with E-state index in [1.165, 1.54) is 5.69 Å². The van der Waals surface area contributed by atoms with Gasteiger partial charge in [0.2, 0.25) is 0 Å². The predicted octanol–water partition coefficient (Wildman–Crippen LogP) is 3.58. The highest BCUT2D eigenvalue weighted by atomic mass is 16.5. The number of ether oxygens (including phenoxy) is 1. The molecule has 0 aromatic carbocycles.